The van der Waals surface area contributed by atoms with Crippen molar-refractivity contribution in [3.05, 3.63) is 131 Å². The summed E-state index contributed by atoms with van der Waals surface area (Å²) in [5.74, 6) is 1.76. The summed E-state index contributed by atoms with van der Waals surface area (Å²) in [4.78, 5) is 11.8. The Kier molecular flexibility index (Phi) is 6.54. The van der Waals surface area contributed by atoms with E-state index in [2.05, 4.69) is 134 Å². The third-order valence-corrected chi connectivity index (χ3v) is 6.22. The molecule has 0 bridgehead atoms. The molecule has 2 aromatic heterocycles. The van der Waals surface area contributed by atoms with Crippen LogP contribution in [0.3, 0.4) is 0 Å². The molecule has 36 heavy (non-hydrogen) atoms. The number of hydrazine groups is 1. The molecule has 0 atom stereocenters. The molecule has 0 saturated heterocycles. The van der Waals surface area contributed by atoms with E-state index >= 15 is 0 Å². The quantitative estimate of drug-likeness (QED) is 0.293. The number of hydrogen-bond donors (Lipinski definition) is 0. The summed E-state index contributed by atoms with van der Waals surface area (Å²) < 4.78 is 0. The van der Waals surface area contributed by atoms with Crippen LogP contribution in [0.15, 0.2) is 109 Å². The number of allylic oxidation sites excluding steroid dienone is 2. The summed E-state index contributed by atoms with van der Waals surface area (Å²) in [5.41, 5.74) is 7.96. The van der Waals surface area contributed by atoms with Crippen LogP contribution in [-0.4, -0.2) is 21.5 Å². The molecular weight excluding hydrogens is 442 g/mol. The third kappa shape index (κ3) is 5.01. The first-order valence-corrected chi connectivity index (χ1v) is 12.2. The summed E-state index contributed by atoms with van der Waals surface area (Å²) in [6.45, 7) is 8.97. The number of benzene rings is 2. The fourth-order valence-corrected chi connectivity index (χ4v) is 4.22. The summed E-state index contributed by atoms with van der Waals surface area (Å²) in [6.07, 6.45) is 10.2. The fourth-order valence-electron chi connectivity index (χ4n) is 4.22. The van der Waals surface area contributed by atoms with Gasteiger partial charge in [-0.1, -0.05) is 47.5 Å². The van der Waals surface area contributed by atoms with Gasteiger partial charge in [-0.3, -0.25) is 9.91 Å². The highest BCUT2D eigenvalue weighted by molar-refractivity contribution is 5.67. The molecule has 0 amide bonds. The summed E-state index contributed by atoms with van der Waals surface area (Å²) in [7, 11) is 0. The van der Waals surface area contributed by atoms with E-state index in [0.717, 1.165) is 39.8 Å². The van der Waals surface area contributed by atoms with Gasteiger partial charge in [0.1, 0.15) is 5.82 Å². The van der Waals surface area contributed by atoms with Crippen LogP contribution in [-0.2, 0) is 0 Å². The van der Waals surface area contributed by atoms with E-state index in [1.807, 2.05) is 12.4 Å². The molecule has 0 radical (unpaired) electrons. The number of anilines is 4. The Morgan fingerprint density at radius 3 is 1.69 bits per heavy atom. The van der Waals surface area contributed by atoms with Gasteiger partial charge < -0.3 is 0 Å². The van der Waals surface area contributed by atoms with Gasteiger partial charge in [-0.15, -0.1) is 0 Å². The van der Waals surface area contributed by atoms with Crippen LogP contribution in [0.5, 0.6) is 0 Å². The Bertz CT molecular complexity index is 1280. The van der Waals surface area contributed by atoms with Crippen molar-refractivity contribution in [2.24, 2.45) is 0 Å². The second-order valence-electron chi connectivity index (χ2n) is 9.30. The third-order valence-electron chi connectivity index (χ3n) is 6.22. The zero-order valence-electron chi connectivity index (χ0n) is 21.3. The van der Waals surface area contributed by atoms with Gasteiger partial charge in [0.25, 0.3) is 0 Å². The minimum absolute atomic E-state index is 0.642. The van der Waals surface area contributed by atoms with Crippen molar-refractivity contribution in [1.82, 2.24) is 15.0 Å². The van der Waals surface area contributed by atoms with Gasteiger partial charge in [0.05, 0.1) is 12.2 Å². The molecule has 0 unspecified atom stereocenters. The molecule has 0 aliphatic carbocycles. The Balaban J connectivity index is 1.54. The molecule has 180 valence electrons. The maximum Gasteiger partial charge on any atom is 0.151 e. The predicted octanol–water partition coefficient (Wildman–Crippen LogP) is 7.31. The fraction of sp³-hybridized carbons (Fsp3) is 0.161. The number of rotatable bonds is 6. The van der Waals surface area contributed by atoms with Gasteiger partial charge in [0, 0.05) is 30.0 Å². The van der Waals surface area contributed by atoms with Gasteiger partial charge in [0.2, 0.25) is 0 Å². The van der Waals surface area contributed by atoms with E-state index in [1.54, 1.807) is 0 Å². The summed E-state index contributed by atoms with van der Waals surface area (Å²) >= 11 is 0. The minimum Gasteiger partial charge on any atom is -0.297 e. The lowest BCUT2D eigenvalue weighted by Gasteiger charge is -2.39. The van der Waals surface area contributed by atoms with Crippen LogP contribution in [0.1, 0.15) is 22.3 Å². The highest BCUT2D eigenvalue weighted by Gasteiger charge is 2.24. The lowest BCUT2D eigenvalue weighted by molar-refractivity contribution is 0.404. The van der Waals surface area contributed by atoms with Crippen molar-refractivity contribution in [3.8, 4) is 0 Å². The molecule has 1 aliphatic heterocycles. The number of pyridine rings is 2. The highest BCUT2D eigenvalue weighted by atomic mass is 15.6. The maximum atomic E-state index is 4.77. The normalized spacial score (nSPS) is 12.9. The first kappa shape index (κ1) is 23.4. The van der Waals surface area contributed by atoms with Crippen LogP contribution < -0.4 is 9.91 Å². The number of hydrogen-bond acceptors (Lipinski definition) is 5. The van der Waals surface area contributed by atoms with Crippen molar-refractivity contribution in [1.29, 1.82) is 0 Å². The summed E-state index contributed by atoms with van der Waals surface area (Å²) in [6, 6.07) is 25.5. The van der Waals surface area contributed by atoms with Gasteiger partial charge in [-0.25, -0.2) is 15.0 Å². The van der Waals surface area contributed by atoms with Crippen LogP contribution >= 0.6 is 0 Å². The van der Waals surface area contributed by atoms with Gasteiger partial charge in [-0.2, -0.15) is 0 Å². The zero-order valence-corrected chi connectivity index (χ0v) is 21.3. The average molecular weight is 474 g/mol. The van der Waals surface area contributed by atoms with Crippen molar-refractivity contribution in [3.63, 3.8) is 0 Å². The molecule has 5 nitrogen and oxygen atoms in total. The first-order valence-electron chi connectivity index (χ1n) is 12.2. The zero-order chi connectivity index (χ0) is 25.1. The van der Waals surface area contributed by atoms with Crippen molar-refractivity contribution in [2.45, 2.75) is 27.7 Å². The van der Waals surface area contributed by atoms with E-state index in [9.17, 15) is 0 Å². The highest BCUT2D eigenvalue weighted by Crippen LogP contribution is 2.33. The molecule has 5 rings (SSSR count). The molecule has 0 spiro atoms. The van der Waals surface area contributed by atoms with Crippen LogP contribution in [0.25, 0.3) is 0 Å². The van der Waals surface area contributed by atoms with E-state index in [-0.39, 0.29) is 0 Å². The van der Waals surface area contributed by atoms with Crippen molar-refractivity contribution in [2.75, 3.05) is 16.5 Å². The minimum atomic E-state index is 0.642. The molecule has 5 heteroatoms. The largest absolute Gasteiger partial charge is 0.297 e. The molecule has 0 saturated carbocycles. The number of nitrogens with zero attached hydrogens (tertiary/aromatic N) is 5. The lowest BCUT2D eigenvalue weighted by Crippen LogP contribution is -2.40. The topological polar surface area (TPSA) is 35.5 Å². The maximum absolute atomic E-state index is 4.77. The number of aromatic nitrogens is 2. The van der Waals surface area contributed by atoms with Gasteiger partial charge in [-0.05, 0) is 87.4 Å². The van der Waals surface area contributed by atoms with E-state index in [0.29, 0.717) is 6.54 Å². The van der Waals surface area contributed by atoms with Crippen molar-refractivity contribution < 1.29 is 0 Å². The van der Waals surface area contributed by atoms with E-state index < -0.39 is 0 Å². The van der Waals surface area contributed by atoms with Crippen LogP contribution in [0, 0.1) is 27.7 Å². The Morgan fingerprint density at radius 2 is 1.14 bits per heavy atom. The molecule has 2 aromatic carbocycles. The van der Waals surface area contributed by atoms with Crippen LogP contribution in [0.2, 0.25) is 0 Å². The van der Waals surface area contributed by atoms with E-state index in [4.69, 9.17) is 9.97 Å². The second-order valence-corrected chi connectivity index (χ2v) is 9.30. The average Bonchev–Trinajstić information content (AvgIpc) is 2.89. The number of aryl methyl sites for hydroxylation is 4. The summed E-state index contributed by atoms with van der Waals surface area (Å²) in [5, 5.41) is 4.37. The SMILES string of the molecule is Cc1ccc(N(C2=CC=CN(N(c3ccc(C)cc3)c3ccc(C)cn3)C2)c2ccc(C)cn2)cc1. The van der Waals surface area contributed by atoms with Gasteiger partial charge in [0.15, 0.2) is 5.82 Å². The molecule has 0 fully saturated rings. The standard InChI is InChI=1S/C31H31N5/c1-23-7-13-27(14-8-23)35(30-17-11-25(3)20-32-30)29-6-5-19-34(22-29)36(28-15-9-24(2)10-16-28)31-18-12-26(4)21-33-31/h5-21H,22H2,1-4H3. The molecule has 4 aromatic rings. The Hall–Kier alpha value is -4.38. The second kappa shape index (κ2) is 10.1. The smallest absolute Gasteiger partial charge is 0.151 e. The predicted molar refractivity (Wildman–Crippen MR) is 149 cm³/mol. The Morgan fingerprint density at radius 1 is 0.611 bits per heavy atom. The van der Waals surface area contributed by atoms with Crippen LogP contribution in [0.4, 0.5) is 23.0 Å². The van der Waals surface area contributed by atoms with Crippen molar-refractivity contribution >= 4 is 23.0 Å². The molecule has 0 N–H and O–H groups in total. The first-order chi connectivity index (χ1) is 17.5. The lowest BCUT2D eigenvalue weighted by atomic mass is 10.1. The van der Waals surface area contributed by atoms with E-state index in [1.165, 1.54) is 11.1 Å². The monoisotopic (exact) mass is 473 g/mol. The Labute approximate surface area is 213 Å². The van der Waals surface area contributed by atoms with Gasteiger partial charge >= 0.3 is 0 Å². The molecule has 3 heterocycles. The molecule has 1 aliphatic rings. The molecular formula is C31H31N5.